The summed E-state index contributed by atoms with van der Waals surface area (Å²) >= 11 is 0. The van der Waals surface area contributed by atoms with Crippen LogP contribution in [0.15, 0.2) is 12.4 Å². The maximum Gasteiger partial charge on any atom is 0.188 e. The van der Waals surface area contributed by atoms with E-state index >= 15 is 0 Å². The van der Waals surface area contributed by atoms with E-state index in [1.54, 1.807) is 9.36 Å². The van der Waals surface area contributed by atoms with E-state index in [-0.39, 0.29) is 18.2 Å². The van der Waals surface area contributed by atoms with Crippen LogP contribution in [0.5, 0.6) is 0 Å². The number of aromatic nitrogens is 5. The van der Waals surface area contributed by atoms with Gasteiger partial charge in [-0.3, -0.25) is 9.48 Å². The Morgan fingerprint density at radius 2 is 2.16 bits per heavy atom. The first kappa shape index (κ1) is 13.5. The molecule has 0 saturated carbocycles. The Hall–Kier alpha value is -1.98. The molecule has 0 aliphatic rings. The summed E-state index contributed by atoms with van der Waals surface area (Å²) < 4.78 is 3.51. The van der Waals surface area contributed by atoms with Crippen LogP contribution >= 0.6 is 0 Å². The lowest BCUT2D eigenvalue weighted by Crippen LogP contribution is -2.16. The van der Waals surface area contributed by atoms with Gasteiger partial charge in [-0.25, -0.2) is 9.67 Å². The molecular formula is C13H19N5O. The van der Waals surface area contributed by atoms with Crippen LogP contribution in [-0.2, 0) is 13.0 Å². The van der Waals surface area contributed by atoms with Crippen LogP contribution in [0, 0.1) is 6.92 Å². The number of hydrogen-bond acceptors (Lipinski definition) is 4. The molecule has 6 nitrogen and oxygen atoms in total. The first-order chi connectivity index (χ1) is 9.02. The van der Waals surface area contributed by atoms with Crippen molar-refractivity contribution in [2.45, 2.75) is 46.7 Å². The Morgan fingerprint density at radius 3 is 2.79 bits per heavy atom. The largest absolute Gasteiger partial charge is 0.292 e. The van der Waals surface area contributed by atoms with Gasteiger partial charge in [-0.2, -0.15) is 10.2 Å². The number of carbonyl (C=O) groups is 1. The lowest BCUT2D eigenvalue weighted by Gasteiger charge is -2.09. The van der Waals surface area contributed by atoms with Gasteiger partial charge in [0.05, 0.1) is 12.1 Å². The third-order valence-electron chi connectivity index (χ3n) is 2.94. The molecule has 2 aromatic rings. The first-order valence-electron chi connectivity index (χ1n) is 6.49. The molecule has 0 spiro atoms. The van der Waals surface area contributed by atoms with Crippen molar-refractivity contribution >= 4 is 5.78 Å². The maximum absolute atomic E-state index is 12.3. The quantitative estimate of drug-likeness (QED) is 0.770. The van der Waals surface area contributed by atoms with E-state index in [9.17, 15) is 4.79 Å². The molecule has 0 aliphatic heterocycles. The molecule has 0 aromatic carbocycles. The summed E-state index contributed by atoms with van der Waals surface area (Å²) in [6, 6.07) is 2.02. The van der Waals surface area contributed by atoms with Crippen molar-refractivity contribution in [3.63, 3.8) is 0 Å². The minimum Gasteiger partial charge on any atom is -0.292 e. The molecule has 6 heteroatoms. The molecule has 2 heterocycles. The minimum atomic E-state index is 0.0253. The second kappa shape index (κ2) is 5.34. The standard InChI is InChI=1S/C13H19N5O/c1-5-17-11(6-10(4)16-17)12(19)7-13-14-8-15-18(13)9(2)3/h6,8-9H,5,7H2,1-4H3. The summed E-state index contributed by atoms with van der Waals surface area (Å²) in [7, 11) is 0. The molecule has 2 aromatic heterocycles. The van der Waals surface area contributed by atoms with Crippen LogP contribution in [0.25, 0.3) is 0 Å². The second-order valence-electron chi connectivity index (χ2n) is 4.80. The van der Waals surface area contributed by atoms with E-state index in [1.165, 1.54) is 6.33 Å². The maximum atomic E-state index is 12.3. The Balaban J connectivity index is 2.23. The Bertz CT molecular complexity index is 582. The molecule has 0 bridgehead atoms. The minimum absolute atomic E-state index is 0.0253. The van der Waals surface area contributed by atoms with Gasteiger partial charge in [0.1, 0.15) is 17.8 Å². The van der Waals surface area contributed by atoms with Gasteiger partial charge in [0.2, 0.25) is 0 Å². The summed E-state index contributed by atoms with van der Waals surface area (Å²) in [5, 5.41) is 8.43. The van der Waals surface area contributed by atoms with Crippen LogP contribution in [0.4, 0.5) is 0 Å². The fourth-order valence-electron chi connectivity index (χ4n) is 2.08. The third-order valence-corrected chi connectivity index (χ3v) is 2.94. The molecule has 0 N–H and O–H groups in total. The van der Waals surface area contributed by atoms with Crippen molar-refractivity contribution < 1.29 is 4.79 Å². The predicted molar refractivity (Wildman–Crippen MR) is 71.1 cm³/mol. The zero-order valence-corrected chi connectivity index (χ0v) is 11.8. The molecule has 0 amide bonds. The molecule has 19 heavy (non-hydrogen) atoms. The fourth-order valence-corrected chi connectivity index (χ4v) is 2.08. The average molecular weight is 261 g/mol. The zero-order valence-electron chi connectivity index (χ0n) is 11.8. The van der Waals surface area contributed by atoms with Crippen molar-refractivity contribution in [2.24, 2.45) is 0 Å². The molecule has 102 valence electrons. The van der Waals surface area contributed by atoms with Gasteiger partial charge in [0.25, 0.3) is 0 Å². The van der Waals surface area contributed by atoms with Gasteiger partial charge >= 0.3 is 0 Å². The highest BCUT2D eigenvalue weighted by atomic mass is 16.1. The molecule has 0 saturated heterocycles. The summed E-state index contributed by atoms with van der Waals surface area (Å²) in [5.41, 5.74) is 1.49. The smallest absolute Gasteiger partial charge is 0.188 e. The van der Waals surface area contributed by atoms with E-state index in [4.69, 9.17) is 0 Å². The number of carbonyl (C=O) groups excluding carboxylic acids is 1. The molecular weight excluding hydrogens is 242 g/mol. The van der Waals surface area contributed by atoms with E-state index in [2.05, 4.69) is 15.2 Å². The van der Waals surface area contributed by atoms with Crippen LogP contribution in [0.1, 0.15) is 48.8 Å². The highest BCUT2D eigenvalue weighted by Gasteiger charge is 2.17. The van der Waals surface area contributed by atoms with Crippen LogP contribution in [-0.4, -0.2) is 30.3 Å². The highest BCUT2D eigenvalue weighted by molar-refractivity contribution is 5.95. The normalized spacial score (nSPS) is 11.2. The Morgan fingerprint density at radius 1 is 1.42 bits per heavy atom. The Labute approximate surface area is 112 Å². The summed E-state index contributed by atoms with van der Waals surface area (Å²) in [6.45, 7) is 8.58. The third kappa shape index (κ3) is 2.72. The lowest BCUT2D eigenvalue weighted by molar-refractivity contribution is 0.0979. The van der Waals surface area contributed by atoms with Gasteiger partial charge in [0, 0.05) is 12.6 Å². The molecule has 0 radical (unpaired) electrons. The second-order valence-corrected chi connectivity index (χ2v) is 4.80. The van der Waals surface area contributed by atoms with Crippen LogP contribution in [0.3, 0.4) is 0 Å². The topological polar surface area (TPSA) is 65.6 Å². The van der Waals surface area contributed by atoms with E-state index in [0.717, 1.165) is 5.69 Å². The van der Waals surface area contributed by atoms with E-state index in [0.29, 0.717) is 18.1 Å². The molecule has 0 atom stereocenters. The van der Waals surface area contributed by atoms with Crippen molar-refractivity contribution in [3.8, 4) is 0 Å². The molecule has 0 fully saturated rings. The van der Waals surface area contributed by atoms with Gasteiger partial charge in [-0.15, -0.1) is 0 Å². The summed E-state index contributed by atoms with van der Waals surface area (Å²) in [5.74, 6) is 0.721. The van der Waals surface area contributed by atoms with Gasteiger partial charge in [0.15, 0.2) is 5.78 Å². The van der Waals surface area contributed by atoms with Crippen LogP contribution in [0.2, 0.25) is 0 Å². The average Bonchev–Trinajstić information content (AvgIpc) is 2.95. The summed E-state index contributed by atoms with van der Waals surface area (Å²) in [4.78, 5) is 16.5. The van der Waals surface area contributed by atoms with Gasteiger partial charge < -0.3 is 0 Å². The Kier molecular flexibility index (Phi) is 3.78. The van der Waals surface area contributed by atoms with Crippen molar-refractivity contribution in [1.82, 2.24) is 24.5 Å². The number of ketones is 1. The molecule has 0 unspecified atom stereocenters. The monoisotopic (exact) mass is 261 g/mol. The van der Waals surface area contributed by atoms with Crippen molar-refractivity contribution in [1.29, 1.82) is 0 Å². The van der Waals surface area contributed by atoms with E-state index in [1.807, 2.05) is 33.8 Å². The number of rotatable bonds is 5. The lowest BCUT2D eigenvalue weighted by atomic mass is 10.2. The number of nitrogens with zero attached hydrogens (tertiary/aromatic N) is 5. The number of Topliss-reactive ketones (excluding diaryl/α,β-unsaturated/α-hetero) is 1. The fraction of sp³-hybridized carbons (Fsp3) is 0.538. The van der Waals surface area contributed by atoms with Gasteiger partial charge in [-0.1, -0.05) is 0 Å². The SMILES string of the molecule is CCn1nc(C)cc1C(=O)Cc1ncnn1C(C)C. The number of aryl methyl sites for hydroxylation is 2. The van der Waals surface area contributed by atoms with Gasteiger partial charge in [-0.05, 0) is 33.8 Å². The van der Waals surface area contributed by atoms with Crippen molar-refractivity contribution in [2.75, 3.05) is 0 Å². The van der Waals surface area contributed by atoms with E-state index < -0.39 is 0 Å². The molecule has 0 aliphatic carbocycles. The van der Waals surface area contributed by atoms with Crippen LogP contribution < -0.4 is 0 Å². The first-order valence-corrected chi connectivity index (χ1v) is 6.49. The zero-order chi connectivity index (χ0) is 14.0. The predicted octanol–water partition coefficient (Wildman–Crippen LogP) is 1.81. The number of hydrogen-bond donors (Lipinski definition) is 0. The van der Waals surface area contributed by atoms with Crippen molar-refractivity contribution in [3.05, 3.63) is 29.6 Å². The highest BCUT2D eigenvalue weighted by Crippen LogP contribution is 2.11. The summed E-state index contributed by atoms with van der Waals surface area (Å²) in [6.07, 6.45) is 1.74. The molecule has 2 rings (SSSR count).